The first-order valence-corrected chi connectivity index (χ1v) is 6.54. The van der Waals surface area contributed by atoms with Crippen LogP contribution in [0.3, 0.4) is 0 Å². The lowest BCUT2D eigenvalue weighted by molar-refractivity contribution is -0.136. The summed E-state index contributed by atoms with van der Waals surface area (Å²) in [5.41, 5.74) is 6.47. The molecule has 0 heterocycles. The van der Waals surface area contributed by atoms with Crippen LogP contribution in [0.2, 0.25) is 0 Å². The van der Waals surface area contributed by atoms with Gasteiger partial charge in [0.25, 0.3) is 0 Å². The summed E-state index contributed by atoms with van der Waals surface area (Å²) in [6, 6.07) is 4.06. The van der Waals surface area contributed by atoms with Gasteiger partial charge in [-0.1, -0.05) is 6.92 Å². The standard InChI is InChI=1S/C14H19F4NO/c1-2-12(19)7-10-6-11(15)9-13(8-10)20-5-3-4-14(16,17)18/h6,8-9,12H,2-5,7,19H2,1H3. The van der Waals surface area contributed by atoms with E-state index in [0.29, 0.717) is 12.0 Å². The van der Waals surface area contributed by atoms with E-state index in [-0.39, 0.29) is 24.8 Å². The van der Waals surface area contributed by atoms with E-state index in [4.69, 9.17) is 10.5 Å². The van der Waals surface area contributed by atoms with E-state index in [1.807, 2.05) is 6.92 Å². The first-order valence-electron chi connectivity index (χ1n) is 6.54. The Morgan fingerprint density at radius 1 is 1.25 bits per heavy atom. The average Bonchev–Trinajstić information content (AvgIpc) is 2.32. The first-order chi connectivity index (χ1) is 9.30. The summed E-state index contributed by atoms with van der Waals surface area (Å²) >= 11 is 0. The van der Waals surface area contributed by atoms with Gasteiger partial charge in [0.1, 0.15) is 11.6 Å². The molecule has 114 valence electrons. The molecule has 1 atom stereocenters. The summed E-state index contributed by atoms with van der Waals surface area (Å²) in [5.74, 6) is -0.234. The van der Waals surface area contributed by atoms with Crippen LogP contribution in [0, 0.1) is 5.82 Å². The van der Waals surface area contributed by atoms with Crippen LogP contribution in [0.15, 0.2) is 18.2 Å². The Labute approximate surface area is 115 Å². The highest BCUT2D eigenvalue weighted by Crippen LogP contribution is 2.22. The van der Waals surface area contributed by atoms with E-state index in [2.05, 4.69) is 0 Å². The van der Waals surface area contributed by atoms with E-state index in [1.165, 1.54) is 6.07 Å². The highest BCUT2D eigenvalue weighted by molar-refractivity contribution is 5.30. The molecule has 0 amide bonds. The maximum absolute atomic E-state index is 13.4. The molecule has 0 radical (unpaired) electrons. The molecule has 1 aromatic rings. The number of ether oxygens (including phenoxy) is 1. The van der Waals surface area contributed by atoms with Crippen molar-refractivity contribution in [2.24, 2.45) is 5.73 Å². The molecule has 0 bridgehead atoms. The van der Waals surface area contributed by atoms with Crippen LogP contribution in [-0.4, -0.2) is 18.8 Å². The second-order valence-corrected chi connectivity index (χ2v) is 4.73. The Kier molecular flexibility index (Phi) is 6.26. The Bertz CT molecular complexity index is 420. The van der Waals surface area contributed by atoms with Crippen molar-refractivity contribution in [2.45, 2.75) is 44.8 Å². The van der Waals surface area contributed by atoms with Crippen LogP contribution in [0.4, 0.5) is 17.6 Å². The predicted octanol–water partition coefficient (Wildman–Crippen LogP) is 3.83. The molecule has 0 saturated heterocycles. The molecule has 0 aliphatic rings. The van der Waals surface area contributed by atoms with Crippen LogP contribution in [0.1, 0.15) is 31.7 Å². The van der Waals surface area contributed by atoms with Gasteiger partial charge < -0.3 is 10.5 Å². The molecule has 20 heavy (non-hydrogen) atoms. The van der Waals surface area contributed by atoms with Gasteiger partial charge in [0.15, 0.2) is 0 Å². The third-order valence-electron chi connectivity index (χ3n) is 2.83. The second kappa shape index (κ2) is 7.47. The van der Waals surface area contributed by atoms with Gasteiger partial charge in [-0.15, -0.1) is 0 Å². The predicted molar refractivity (Wildman–Crippen MR) is 69.2 cm³/mol. The van der Waals surface area contributed by atoms with E-state index in [0.717, 1.165) is 12.5 Å². The quantitative estimate of drug-likeness (QED) is 0.612. The first kappa shape index (κ1) is 16.8. The van der Waals surface area contributed by atoms with Gasteiger partial charge in [-0.25, -0.2) is 4.39 Å². The van der Waals surface area contributed by atoms with Gasteiger partial charge in [-0.2, -0.15) is 13.2 Å². The van der Waals surface area contributed by atoms with E-state index in [1.54, 1.807) is 6.07 Å². The molecule has 2 N–H and O–H groups in total. The summed E-state index contributed by atoms with van der Waals surface area (Å²) in [7, 11) is 0. The molecule has 0 aliphatic carbocycles. The average molecular weight is 293 g/mol. The molecule has 2 nitrogen and oxygen atoms in total. The van der Waals surface area contributed by atoms with Crippen LogP contribution in [-0.2, 0) is 6.42 Å². The third kappa shape index (κ3) is 6.75. The molecule has 1 unspecified atom stereocenters. The minimum absolute atomic E-state index is 0.0742. The number of benzene rings is 1. The van der Waals surface area contributed by atoms with Gasteiger partial charge in [0, 0.05) is 18.5 Å². The molecule has 0 saturated carbocycles. The zero-order valence-corrected chi connectivity index (χ0v) is 11.3. The lowest BCUT2D eigenvalue weighted by Gasteiger charge is -2.12. The summed E-state index contributed by atoms with van der Waals surface area (Å²) in [5, 5.41) is 0. The molecule has 6 heteroatoms. The molecule has 0 spiro atoms. The second-order valence-electron chi connectivity index (χ2n) is 4.73. The van der Waals surface area contributed by atoms with Crippen molar-refractivity contribution < 1.29 is 22.3 Å². The van der Waals surface area contributed by atoms with Gasteiger partial charge in [-0.3, -0.25) is 0 Å². The summed E-state index contributed by atoms with van der Waals surface area (Å²) in [4.78, 5) is 0. The number of nitrogens with two attached hydrogens (primary N) is 1. The molecule has 0 fully saturated rings. The summed E-state index contributed by atoms with van der Waals surface area (Å²) in [6.45, 7) is 1.83. The minimum Gasteiger partial charge on any atom is -0.493 e. The van der Waals surface area contributed by atoms with Crippen molar-refractivity contribution in [3.63, 3.8) is 0 Å². The molecular formula is C14H19F4NO. The Hall–Kier alpha value is -1.30. The monoisotopic (exact) mass is 293 g/mol. The number of alkyl halides is 3. The van der Waals surface area contributed by atoms with Crippen molar-refractivity contribution in [1.29, 1.82) is 0 Å². The number of hydrogen-bond donors (Lipinski definition) is 1. The Morgan fingerprint density at radius 2 is 1.95 bits per heavy atom. The largest absolute Gasteiger partial charge is 0.493 e. The fourth-order valence-electron chi connectivity index (χ4n) is 1.73. The smallest absolute Gasteiger partial charge is 0.389 e. The Morgan fingerprint density at radius 3 is 2.55 bits per heavy atom. The fourth-order valence-corrected chi connectivity index (χ4v) is 1.73. The van der Waals surface area contributed by atoms with Gasteiger partial charge in [0.2, 0.25) is 0 Å². The normalized spacial score (nSPS) is 13.3. The van der Waals surface area contributed by atoms with Crippen molar-refractivity contribution in [3.05, 3.63) is 29.6 Å². The van der Waals surface area contributed by atoms with Crippen LogP contribution in [0.25, 0.3) is 0 Å². The van der Waals surface area contributed by atoms with Crippen molar-refractivity contribution in [2.75, 3.05) is 6.61 Å². The number of hydrogen-bond acceptors (Lipinski definition) is 2. The zero-order valence-electron chi connectivity index (χ0n) is 11.3. The van der Waals surface area contributed by atoms with Crippen LogP contribution < -0.4 is 10.5 Å². The van der Waals surface area contributed by atoms with Gasteiger partial charge in [0.05, 0.1) is 6.61 Å². The molecule has 1 aromatic carbocycles. The molecule has 1 rings (SSSR count). The maximum Gasteiger partial charge on any atom is 0.389 e. The minimum atomic E-state index is -4.19. The fraction of sp³-hybridized carbons (Fsp3) is 0.571. The molecular weight excluding hydrogens is 274 g/mol. The van der Waals surface area contributed by atoms with E-state index < -0.39 is 18.4 Å². The van der Waals surface area contributed by atoms with Crippen LogP contribution in [0.5, 0.6) is 5.75 Å². The topological polar surface area (TPSA) is 35.2 Å². The highest BCUT2D eigenvalue weighted by Gasteiger charge is 2.26. The molecule has 0 aromatic heterocycles. The summed E-state index contributed by atoms with van der Waals surface area (Å²) < 4.78 is 54.4. The van der Waals surface area contributed by atoms with Gasteiger partial charge in [-0.05, 0) is 37.0 Å². The third-order valence-corrected chi connectivity index (χ3v) is 2.83. The van der Waals surface area contributed by atoms with E-state index in [9.17, 15) is 17.6 Å². The van der Waals surface area contributed by atoms with E-state index >= 15 is 0 Å². The van der Waals surface area contributed by atoms with Crippen molar-refractivity contribution in [1.82, 2.24) is 0 Å². The Balaban J connectivity index is 2.53. The number of halogens is 4. The maximum atomic E-state index is 13.4. The highest BCUT2D eigenvalue weighted by atomic mass is 19.4. The molecule has 0 aliphatic heterocycles. The zero-order chi connectivity index (χ0) is 15.2. The summed E-state index contributed by atoms with van der Waals surface area (Å²) in [6.07, 6.45) is -3.98. The lowest BCUT2D eigenvalue weighted by atomic mass is 10.0. The number of rotatable bonds is 7. The van der Waals surface area contributed by atoms with Crippen molar-refractivity contribution >= 4 is 0 Å². The van der Waals surface area contributed by atoms with Crippen molar-refractivity contribution in [3.8, 4) is 5.75 Å². The van der Waals surface area contributed by atoms with Gasteiger partial charge >= 0.3 is 6.18 Å². The lowest BCUT2D eigenvalue weighted by Crippen LogP contribution is -2.21. The SMILES string of the molecule is CCC(N)Cc1cc(F)cc(OCCCC(F)(F)F)c1. The van der Waals surface area contributed by atoms with Crippen LogP contribution >= 0.6 is 0 Å².